The highest BCUT2D eigenvalue weighted by molar-refractivity contribution is 5.96. The third-order valence-electron chi connectivity index (χ3n) is 3.65. The van der Waals surface area contributed by atoms with E-state index in [4.69, 9.17) is 4.74 Å². The van der Waals surface area contributed by atoms with Crippen molar-refractivity contribution in [2.75, 3.05) is 7.11 Å². The molecule has 0 bridgehead atoms. The summed E-state index contributed by atoms with van der Waals surface area (Å²) in [6.07, 6.45) is 3.16. The van der Waals surface area contributed by atoms with Gasteiger partial charge in [0.15, 0.2) is 5.78 Å². The lowest BCUT2D eigenvalue weighted by molar-refractivity contribution is 0.0829. The normalized spacial score (nSPS) is 27.8. The van der Waals surface area contributed by atoms with E-state index >= 15 is 0 Å². The first-order chi connectivity index (χ1) is 8.60. The minimum Gasteiger partial charge on any atom is -0.480 e. The van der Waals surface area contributed by atoms with Gasteiger partial charge in [0.1, 0.15) is 5.69 Å². The molecule has 0 N–H and O–H groups in total. The third kappa shape index (κ3) is 2.86. The number of hydrogen-bond acceptors (Lipinski definition) is 4. The molecule has 2 rings (SSSR count). The summed E-state index contributed by atoms with van der Waals surface area (Å²) in [4.78, 5) is 12.3. The number of carbonyl (C=O) groups excluding carboxylic acids is 1. The molecule has 1 aliphatic rings. The van der Waals surface area contributed by atoms with Crippen LogP contribution in [0.1, 0.15) is 43.6 Å². The fourth-order valence-electron chi connectivity index (χ4n) is 2.93. The maximum absolute atomic E-state index is 12.3. The van der Waals surface area contributed by atoms with E-state index in [9.17, 15) is 4.79 Å². The van der Waals surface area contributed by atoms with Crippen molar-refractivity contribution in [3.8, 4) is 5.88 Å². The van der Waals surface area contributed by atoms with Gasteiger partial charge in [-0.15, -0.1) is 10.2 Å². The number of ketones is 1. The number of hydrogen-bond donors (Lipinski definition) is 0. The molecular formula is C14H20N2O2. The van der Waals surface area contributed by atoms with Crippen molar-refractivity contribution in [3.63, 3.8) is 0 Å². The van der Waals surface area contributed by atoms with Gasteiger partial charge in [-0.3, -0.25) is 4.79 Å². The summed E-state index contributed by atoms with van der Waals surface area (Å²) in [6, 6.07) is 3.40. The lowest BCUT2D eigenvalue weighted by Crippen LogP contribution is -2.26. The Morgan fingerprint density at radius 1 is 1.17 bits per heavy atom. The van der Waals surface area contributed by atoms with E-state index in [0.29, 0.717) is 23.4 Å². The first-order valence-corrected chi connectivity index (χ1v) is 6.52. The Morgan fingerprint density at radius 2 is 1.83 bits per heavy atom. The van der Waals surface area contributed by atoms with Crippen LogP contribution in [0, 0.1) is 17.8 Å². The number of ether oxygens (including phenoxy) is 1. The largest absolute Gasteiger partial charge is 0.480 e. The minimum absolute atomic E-state index is 0.103. The van der Waals surface area contributed by atoms with Crippen LogP contribution in [-0.2, 0) is 0 Å². The van der Waals surface area contributed by atoms with Crippen LogP contribution in [0.2, 0.25) is 0 Å². The Balaban J connectivity index is 2.09. The van der Waals surface area contributed by atoms with Crippen LogP contribution < -0.4 is 4.74 Å². The van der Waals surface area contributed by atoms with Crippen LogP contribution in [0.5, 0.6) is 5.88 Å². The van der Waals surface area contributed by atoms with Crippen molar-refractivity contribution >= 4 is 5.78 Å². The van der Waals surface area contributed by atoms with Gasteiger partial charge in [-0.25, -0.2) is 0 Å². The zero-order chi connectivity index (χ0) is 13.1. The zero-order valence-corrected chi connectivity index (χ0v) is 11.2. The molecule has 0 saturated heterocycles. The summed E-state index contributed by atoms with van der Waals surface area (Å²) in [6.45, 7) is 4.44. The lowest BCUT2D eigenvalue weighted by atomic mass is 9.74. The number of aromatic nitrogens is 2. The maximum Gasteiger partial charge on any atom is 0.233 e. The fraction of sp³-hybridized carbons (Fsp3) is 0.643. The second-order valence-electron chi connectivity index (χ2n) is 5.44. The molecule has 1 aromatic heterocycles. The number of nitrogens with zero attached hydrogens (tertiary/aromatic N) is 2. The monoisotopic (exact) mass is 248 g/mol. The van der Waals surface area contributed by atoms with Gasteiger partial charge in [0.05, 0.1) is 7.11 Å². The molecule has 2 atom stereocenters. The molecule has 2 unspecified atom stereocenters. The van der Waals surface area contributed by atoms with Gasteiger partial charge in [-0.1, -0.05) is 13.8 Å². The summed E-state index contributed by atoms with van der Waals surface area (Å²) < 4.78 is 4.94. The third-order valence-corrected chi connectivity index (χ3v) is 3.65. The highest BCUT2D eigenvalue weighted by Crippen LogP contribution is 2.34. The molecule has 1 aliphatic carbocycles. The van der Waals surface area contributed by atoms with Crippen LogP contribution in [0.3, 0.4) is 0 Å². The van der Waals surface area contributed by atoms with Crippen molar-refractivity contribution in [1.82, 2.24) is 10.2 Å². The molecule has 0 aliphatic heterocycles. The van der Waals surface area contributed by atoms with E-state index in [0.717, 1.165) is 12.8 Å². The quantitative estimate of drug-likeness (QED) is 0.772. The number of methoxy groups -OCH3 is 1. The molecule has 1 fully saturated rings. The Kier molecular flexibility index (Phi) is 3.94. The van der Waals surface area contributed by atoms with Crippen LogP contribution in [0.15, 0.2) is 12.1 Å². The van der Waals surface area contributed by atoms with Crippen LogP contribution >= 0.6 is 0 Å². The predicted octanol–water partition coefficient (Wildman–Crippen LogP) is 2.74. The first-order valence-electron chi connectivity index (χ1n) is 6.52. The number of Topliss-reactive ketones (excluding diaryl/α,β-unsaturated/α-hetero) is 1. The highest BCUT2D eigenvalue weighted by Gasteiger charge is 2.30. The molecule has 98 valence electrons. The molecule has 0 radical (unpaired) electrons. The fourth-order valence-corrected chi connectivity index (χ4v) is 2.93. The van der Waals surface area contributed by atoms with Gasteiger partial charge in [-0.2, -0.15) is 0 Å². The number of carbonyl (C=O) groups is 1. The molecule has 4 heteroatoms. The maximum atomic E-state index is 12.3. The molecule has 0 aromatic carbocycles. The summed E-state index contributed by atoms with van der Waals surface area (Å²) in [5, 5.41) is 7.81. The van der Waals surface area contributed by atoms with Gasteiger partial charge in [-0.05, 0) is 37.2 Å². The van der Waals surface area contributed by atoms with Crippen LogP contribution in [0.25, 0.3) is 0 Å². The standard InChI is InChI=1S/C14H20N2O2/c1-9-6-10(2)8-11(7-9)14(17)12-4-5-13(18-3)16-15-12/h4-5,9-11H,6-8H2,1-3H3. The van der Waals surface area contributed by atoms with Crippen LogP contribution in [0.4, 0.5) is 0 Å². The Morgan fingerprint density at radius 3 is 2.33 bits per heavy atom. The summed E-state index contributed by atoms with van der Waals surface area (Å²) in [5.41, 5.74) is 0.460. The predicted molar refractivity (Wildman–Crippen MR) is 68.6 cm³/mol. The van der Waals surface area contributed by atoms with Gasteiger partial charge in [0.2, 0.25) is 5.88 Å². The first kappa shape index (κ1) is 13.0. The molecule has 1 aromatic rings. The van der Waals surface area contributed by atoms with Crippen molar-refractivity contribution in [2.24, 2.45) is 17.8 Å². The summed E-state index contributed by atoms with van der Waals surface area (Å²) in [5.74, 6) is 1.91. The topological polar surface area (TPSA) is 52.1 Å². The average molecular weight is 248 g/mol. The second-order valence-corrected chi connectivity index (χ2v) is 5.44. The Labute approximate surface area is 108 Å². The SMILES string of the molecule is COc1ccc(C(=O)C2CC(C)CC(C)C2)nn1. The average Bonchev–Trinajstić information content (AvgIpc) is 2.37. The van der Waals surface area contributed by atoms with E-state index in [1.807, 2.05) is 0 Å². The van der Waals surface area contributed by atoms with Crippen molar-refractivity contribution in [2.45, 2.75) is 33.1 Å². The van der Waals surface area contributed by atoms with E-state index < -0.39 is 0 Å². The van der Waals surface area contributed by atoms with E-state index in [-0.39, 0.29) is 11.7 Å². The highest BCUT2D eigenvalue weighted by atomic mass is 16.5. The minimum atomic E-state index is 0.103. The molecule has 0 amide bonds. The molecule has 1 saturated carbocycles. The molecule has 0 spiro atoms. The van der Waals surface area contributed by atoms with Gasteiger partial charge in [0, 0.05) is 12.0 Å². The van der Waals surface area contributed by atoms with E-state index in [1.165, 1.54) is 13.5 Å². The molecule has 1 heterocycles. The lowest BCUT2D eigenvalue weighted by Gasteiger charge is -2.30. The Bertz CT molecular complexity index is 406. The number of rotatable bonds is 3. The van der Waals surface area contributed by atoms with Crippen molar-refractivity contribution in [1.29, 1.82) is 0 Å². The second kappa shape index (κ2) is 5.46. The van der Waals surface area contributed by atoms with Crippen molar-refractivity contribution < 1.29 is 9.53 Å². The van der Waals surface area contributed by atoms with Gasteiger partial charge >= 0.3 is 0 Å². The molecule has 18 heavy (non-hydrogen) atoms. The van der Waals surface area contributed by atoms with Gasteiger partial charge in [0.25, 0.3) is 0 Å². The van der Waals surface area contributed by atoms with Crippen LogP contribution in [-0.4, -0.2) is 23.1 Å². The molecule has 4 nitrogen and oxygen atoms in total. The summed E-state index contributed by atoms with van der Waals surface area (Å²) >= 11 is 0. The smallest absolute Gasteiger partial charge is 0.233 e. The molecular weight excluding hydrogens is 228 g/mol. The van der Waals surface area contributed by atoms with Crippen molar-refractivity contribution in [3.05, 3.63) is 17.8 Å². The summed E-state index contributed by atoms with van der Waals surface area (Å²) in [7, 11) is 1.54. The van der Waals surface area contributed by atoms with Gasteiger partial charge < -0.3 is 4.74 Å². The van der Waals surface area contributed by atoms with E-state index in [1.54, 1.807) is 12.1 Å². The Hall–Kier alpha value is -1.45. The zero-order valence-electron chi connectivity index (χ0n) is 11.2. The van der Waals surface area contributed by atoms with E-state index in [2.05, 4.69) is 24.0 Å².